The van der Waals surface area contributed by atoms with Crippen LogP contribution in [0.25, 0.3) is 0 Å². The zero-order valence-electron chi connectivity index (χ0n) is 33.7. The van der Waals surface area contributed by atoms with Gasteiger partial charge in [-0.1, -0.05) is 81.7 Å². The van der Waals surface area contributed by atoms with E-state index >= 15 is 0 Å². The molecule has 6 N–H and O–H groups in total. The molecular weight excluding hydrogens is 1090 g/mol. The largest absolute Gasteiger partial charge is 0.417 e. The number of nitrogen functional groups attached to an aromatic ring is 1. The number of fused-ring (bicyclic) bond motifs is 1. The van der Waals surface area contributed by atoms with Gasteiger partial charge in [-0.15, -0.1) is 0 Å². The van der Waals surface area contributed by atoms with Crippen molar-refractivity contribution in [2.24, 2.45) is 0 Å². The predicted octanol–water partition coefficient (Wildman–Crippen LogP) is 11.8. The Kier molecular flexibility index (Phi) is 16.8. The summed E-state index contributed by atoms with van der Waals surface area (Å²) < 4.78 is 135. The number of carbonyl (C=O) groups is 2. The number of aromatic nitrogens is 2. The number of nitrogens with two attached hydrogens (primary N) is 1. The standard InChI is InChI=1S/C20H12Cl3F3N4O3S.C19H11Cl3F3N3O3S.C2H2O/c21-9-6-15(30-34(32,33)10-4-5-12(22)11(7-10)20(24,25)26)17(27-8-9)18-16-13(23)2-1-3-14(16)28-19(31)29-18;20-9-6-15(17(27-8-9)18(29)16-13(22)2-1-3-14(16)26)28-32(30,31)10-4-5-12(21)11(7-10)19(23,24)25;1-2-3/h1-8,18,30H,(H2,28,29,31);1-8,28H,26H2;1H2. The number of amides is 2. The summed E-state index contributed by atoms with van der Waals surface area (Å²) in [5.41, 5.74) is 2.87. The number of benzene rings is 4. The summed E-state index contributed by atoms with van der Waals surface area (Å²) in [6.45, 7) is 2.68. The molecule has 69 heavy (non-hydrogen) atoms. The van der Waals surface area contributed by atoms with E-state index in [0.717, 1.165) is 36.5 Å². The first-order chi connectivity index (χ1) is 32.1. The van der Waals surface area contributed by atoms with E-state index in [2.05, 4.69) is 31.9 Å². The summed E-state index contributed by atoms with van der Waals surface area (Å²) in [5.74, 6) is 0.426. The maximum absolute atomic E-state index is 13.2. The van der Waals surface area contributed by atoms with Gasteiger partial charge in [-0.05, 0) is 79.4 Å². The maximum Gasteiger partial charge on any atom is 0.417 e. The molecule has 1 atom stereocenters. The van der Waals surface area contributed by atoms with E-state index in [1.54, 1.807) is 18.2 Å². The van der Waals surface area contributed by atoms with Crippen LogP contribution in [0.15, 0.2) is 114 Å². The topological polar surface area (TPSA) is 219 Å². The Labute approximate surface area is 416 Å². The van der Waals surface area contributed by atoms with Crippen LogP contribution in [0, 0.1) is 0 Å². The summed E-state index contributed by atoms with van der Waals surface area (Å²) in [4.78, 5) is 40.4. The molecule has 28 heteroatoms. The van der Waals surface area contributed by atoms with Gasteiger partial charge in [0.15, 0.2) is 0 Å². The third-order valence-corrected chi connectivity index (χ3v) is 13.4. The van der Waals surface area contributed by atoms with Crippen LogP contribution in [0.4, 0.5) is 53.9 Å². The van der Waals surface area contributed by atoms with Crippen LogP contribution >= 0.6 is 69.6 Å². The summed E-state index contributed by atoms with van der Waals surface area (Å²) in [7, 11) is -9.17. The highest BCUT2D eigenvalue weighted by atomic mass is 35.5. The Balaban J connectivity index is 0.000000244. The molecule has 14 nitrogen and oxygen atoms in total. The van der Waals surface area contributed by atoms with Gasteiger partial charge in [-0.3, -0.25) is 19.2 Å². The van der Waals surface area contributed by atoms with E-state index < -0.39 is 86.9 Å². The molecule has 0 radical (unpaired) electrons. The number of urea groups is 1. The van der Waals surface area contributed by atoms with Crippen molar-refractivity contribution in [3.63, 3.8) is 0 Å². The Hall–Kier alpha value is -5.81. The van der Waals surface area contributed by atoms with Crippen molar-refractivity contribution in [3.8, 4) is 0 Å². The van der Waals surface area contributed by atoms with Crippen LogP contribution in [0.1, 0.15) is 44.5 Å². The van der Waals surface area contributed by atoms with Crippen LogP contribution in [-0.2, 0) is 37.2 Å². The average molecular weight is 1120 g/mol. The Morgan fingerprint density at radius 1 is 0.696 bits per heavy atom. The lowest BCUT2D eigenvalue weighted by atomic mass is 9.98. The molecular formula is C41H25Cl6F6N7O7S2. The fraction of sp³-hybridized carbons (Fsp3) is 0.0732. The maximum atomic E-state index is 13.2. The molecule has 0 fully saturated rings. The summed E-state index contributed by atoms with van der Waals surface area (Å²) >= 11 is 35.4. The SMILES string of the molecule is C=C=O.Nc1cccc(Cl)c1C(=O)c1ncc(Cl)cc1NS(=O)(=O)c1ccc(Cl)c(C(F)(F)F)c1.O=C1Nc2cccc(Cl)c2C(c2ncc(Cl)cc2NS(=O)(=O)c2ccc(Cl)c(C(F)(F)F)c2)N1. The molecule has 7 rings (SSSR count). The van der Waals surface area contributed by atoms with E-state index in [-0.39, 0.29) is 48.4 Å². The molecule has 3 heterocycles. The smallest absolute Gasteiger partial charge is 0.398 e. The van der Waals surface area contributed by atoms with Gasteiger partial charge in [-0.25, -0.2) is 31.4 Å². The number of hydrogen-bond donors (Lipinski definition) is 5. The minimum Gasteiger partial charge on any atom is -0.398 e. The highest BCUT2D eigenvalue weighted by Gasteiger charge is 2.37. The number of anilines is 4. The van der Waals surface area contributed by atoms with Crippen molar-refractivity contribution in [2.75, 3.05) is 20.5 Å². The number of carbonyl (C=O) groups excluding carboxylic acids is 3. The molecule has 6 aromatic rings. The number of halogens is 12. The molecule has 0 spiro atoms. The van der Waals surface area contributed by atoms with Crippen LogP contribution < -0.4 is 25.8 Å². The Morgan fingerprint density at radius 3 is 1.70 bits per heavy atom. The van der Waals surface area contributed by atoms with Gasteiger partial charge in [-0.2, -0.15) is 26.3 Å². The first-order valence-electron chi connectivity index (χ1n) is 18.3. The van der Waals surface area contributed by atoms with Gasteiger partial charge in [0, 0.05) is 34.4 Å². The number of pyridine rings is 2. The molecule has 4 aromatic carbocycles. The predicted molar refractivity (Wildman–Crippen MR) is 249 cm³/mol. The zero-order chi connectivity index (χ0) is 51.4. The van der Waals surface area contributed by atoms with Crippen molar-refractivity contribution >= 4 is 130 Å². The fourth-order valence-corrected chi connectivity index (χ4v) is 9.54. The first-order valence-corrected chi connectivity index (χ1v) is 23.5. The van der Waals surface area contributed by atoms with Crippen molar-refractivity contribution < 1.29 is 57.6 Å². The lowest BCUT2D eigenvalue weighted by Crippen LogP contribution is -2.39. The molecule has 1 aliphatic heterocycles. The molecule has 1 aliphatic rings. The molecule has 362 valence electrons. The van der Waals surface area contributed by atoms with Crippen LogP contribution in [0.2, 0.25) is 30.1 Å². The molecule has 1 unspecified atom stereocenters. The van der Waals surface area contributed by atoms with Crippen LogP contribution in [-0.4, -0.2) is 44.6 Å². The molecule has 0 bridgehead atoms. The summed E-state index contributed by atoms with van der Waals surface area (Å²) in [5, 5.41) is 4.11. The number of sulfonamides is 2. The minimum absolute atomic E-state index is 0.00641. The Morgan fingerprint density at radius 2 is 1.17 bits per heavy atom. The van der Waals surface area contributed by atoms with E-state index in [0.29, 0.717) is 23.4 Å². The second-order valence-electron chi connectivity index (χ2n) is 13.5. The van der Waals surface area contributed by atoms with E-state index in [9.17, 15) is 52.8 Å². The monoisotopic (exact) mass is 1110 g/mol. The molecule has 2 aromatic heterocycles. The number of rotatable bonds is 9. The van der Waals surface area contributed by atoms with Gasteiger partial charge in [0.2, 0.25) is 5.78 Å². The molecule has 0 saturated carbocycles. The number of nitrogens with zero attached hydrogens (tertiary/aromatic N) is 2. The van der Waals surface area contributed by atoms with Crippen molar-refractivity contribution in [2.45, 2.75) is 28.2 Å². The van der Waals surface area contributed by atoms with E-state index in [1.165, 1.54) is 36.4 Å². The zero-order valence-corrected chi connectivity index (χ0v) is 39.9. The second-order valence-corrected chi connectivity index (χ2v) is 19.4. The highest BCUT2D eigenvalue weighted by molar-refractivity contribution is 7.93. The average Bonchev–Trinajstić information content (AvgIpc) is 3.23. The summed E-state index contributed by atoms with van der Waals surface area (Å²) in [6, 6.07) is 14.0. The lowest BCUT2D eigenvalue weighted by Gasteiger charge is -2.29. The molecule has 0 aliphatic carbocycles. The van der Waals surface area contributed by atoms with Crippen LogP contribution in [0.5, 0.6) is 0 Å². The quantitative estimate of drug-likeness (QED) is 0.0399. The van der Waals surface area contributed by atoms with Gasteiger partial charge >= 0.3 is 18.4 Å². The normalized spacial score (nSPS) is 13.4. The second kappa shape index (κ2) is 21.5. The first kappa shape index (κ1) is 54.1. The van der Waals surface area contributed by atoms with E-state index in [1.807, 2.05) is 4.72 Å². The number of nitrogens with one attached hydrogen (secondary N) is 4. The van der Waals surface area contributed by atoms with Gasteiger partial charge < -0.3 is 16.4 Å². The number of ketones is 1. The lowest BCUT2D eigenvalue weighted by molar-refractivity contribution is -0.138. The van der Waals surface area contributed by atoms with Crippen molar-refractivity contribution in [1.29, 1.82) is 0 Å². The van der Waals surface area contributed by atoms with Gasteiger partial charge in [0.1, 0.15) is 17.7 Å². The van der Waals surface area contributed by atoms with Gasteiger partial charge in [0.05, 0.1) is 68.7 Å². The third-order valence-electron chi connectivity index (χ3n) is 8.96. The van der Waals surface area contributed by atoms with Crippen molar-refractivity contribution in [1.82, 2.24) is 15.3 Å². The van der Waals surface area contributed by atoms with Crippen molar-refractivity contribution in [3.05, 3.63) is 168 Å². The summed E-state index contributed by atoms with van der Waals surface area (Å²) in [6.07, 6.45) is -7.44. The highest BCUT2D eigenvalue weighted by Crippen LogP contribution is 2.41. The number of hydrogen-bond acceptors (Lipinski definition) is 10. The Bertz CT molecular complexity index is 3250. The van der Waals surface area contributed by atoms with Crippen LogP contribution in [0.3, 0.4) is 0 Å². The fourth-order valence-electron chi connectivity index (χ4n) is 6.05. The minimum atomic E-state index is -4.89. The molecule has 0 saturated heterocycles. The molecule has 2 amide bonds. The number of alkyl halides is 6. The third kappa shape index (κ3) is 12.9. The van der Waals surface area contributed by atoms with Gasteiger partial charge in [0.25, 0.3) is 20.0 Å². The van der Waals surface area contributed by atoms with E-state index in [4.69, 9.17) is 80.1 Å².